The highest BCUT2D eigenvalue weighted by Crippen LogP contribution is 2.60. The summed E-state index contributed by atoms with van der Waals surface area (Å²) in [5.41, 5.74) is 1.39. The zero-order chi connectivity index (χ0) is 24.3. The lowest BCUT2D eigenvalue weighted by atomic mass is 9.53. The lowest BCUT2D eigenvalue weighted by molar-refractivity contribution is -0.485. The molecule has 0 aromatic heterocycles. The number of ether oxygens (including phenoxy) is 2. The highest BCUT2D eigenvalue weighted by Gasteiger charge is 2.60. The van der Waals surface area contributed by atoms with Gasteiger partial charge in [0.25, 0.3) is 0 Å². The van der Waals surface area contributed by atoms with E-state index < -0.39 is 5.79 Å². The van der Waals surface area contributed by atoms with Gasteiger partial charge in [-0.05, 0) is 99.8 Å². The van der Waals surface area contributed by atoms with Gasteiger partial charge in [0.2, 0.25) is 5.79 Å². The molecular formula is C29H45NO5. The van der Waals surface area contributed by atoms with Gasteiger partial charge in [-0.3, -0.25) is 4.90 Å². The Kier molecular flexibility index (Phi) is 8.35. The van der Waals surface area contributed by atoms with Crippen LogP contribution in [0.1, 0.15) is 76.2 Å². The van der Waals surface area contributed by atoms with Crippen LogP contribution in [-0.2, 0) is 14.5 Å². The van der Waals surface area contributed by atoms with Crippen molar-refractivity contribution in [3.8, 4) is 5.75 Å². The van der Waals surface area contributed by atoms with Gasteiger partial charge < -0.3 is 14.6 Å². The van der Waals surface area contributed by atoms with E-state index in [0.29, 0.717) is 30.9 Å². The van der Waals surface area contributed by atoms with Gasteiger partial charge in [0.15, 0.2) is 0 Å². The maximum absolute atomic E-state index is 9.11. The first kappa shape index (κ1) is 25.5. The minimum Gasteiger partial charge on any atom is -0.492 e. The molecule has 0 saturated heterocycles. The third-order valence-corrected chi connectivity index (χ3v) is 9.48. The summed E-state index contributed by atoms with van der Waals surface area (Å²) in [5.74, 6) is 3.75. The fourth-order valence-electron chi connectivity index (χ4n) is 7.68. The van der Waals surface area contributed by atoms with Gasteiger partial charge in [0.1, 0.15) is 12.4 Å². The van der Waals surface area contributed by atoms with Gasteiger partial charge in [-0.1, -0.05) is 19.1 Å². The second-order valence-corrected chi connectivity index (χ2v) is 11.5. The summed E-state index contributed by atoms with van der Waals surface area (Å²) in [4.78, 5) is 14.6. The first-order valence-corrected chi connectivity index (χ1v) is 14.1. The molecule has 0 heterocycles. The van der Waals surface area contributed by atoms with Crippen LogP contribution in [0.15, 0.2) is 24.3 Å². The molecular weight excluding hydrogens is 442 g/mol. The van der Waals surface area contributed by atoms with E-state index in [-0.39, 0.29) is 12.7 Å². The number of aliphatic hydroxyl groups is 1. The van der Waals surface area contributed by atoms with Crippen molar-refractivity contribution in [2.75, 3.05) is 40.0 Å². The standard InChI is InChI=1S/C29H45NO5/c1-3-30(12-14-31)13-15-33-27-8-4-23(5-9-27)24-6-10-28(11-7-24)34-35-29(32-2)25-17-21-16-22(19-25)20-26(29)18-21/h4-5,8-9,21-22,24-26,28,31H,3,6-7,10-20H2,1-2H3/t21?,22?,24-,25?,26?,28+,29?. The van der Waals surface area contributed by atoms with Crippen molar-refractivity contribution in [3.05, 3.63) is 29.8 Å². The summed E-state index contributed by atoms with van der Waals surface area (Å²) >= 11 is 0. The topological polar surface area (TPSA) is 60.4 Å². The van der Waals surface area contributed by atoms with E-state index >= 15 is 0 Å². The Hall–Kier alpha value is -1.18. The molecule has 5 aliphatic rings. The van der Waals surface area contributed by atoms with Crippen LogP contribution in [-0.4, -0.2) is 61.9 Å². The van der Waals surface area contributed by atoms with E-state index in [1.54, 1.807) is 0 Å². The van der Waals surface area contributed by atoms with Crippen molar-refractivity contribution in [2.45, 2.75) is 82.5 Å². The number of aliphatic hydroxyl groups excluding tert-OH is 1. The van der Waals surface area contributed by atoms with Crippen LogP contribution in [0.3, 0.4) is 0 Å². The Labute approximate surface area is 211 Å². The summed E-state index contributed by atoms with van der Waals surface area (Å²) in [5, 5.41) is 9.11. The lowest BCUT2D eigenvalue weighted by Gasteiger charge is -2.58. The molecule has 6 nitrogen and oxygen atoms in total. The van der Waals surface area contributed by atoms with Crippen LogP contribution in [0.5, 0.6) is 5.75 Å². The second-order valence-electron chi connectivity index (χ2n) is 11.5. The molecule has 1 aromatic carbocycles. The number of hydrogen-bond donors (Lipinski definition) is 1. The Balaban J connectivity index is 1.06. The number of rotatable bonds is 12. The third-order valence-electron chi connectivity index (χ3n) is 9.48. The quantitative estimate of drug-likeness (QED) is 0.250. The molecule has 0 aliphatic heterocycles. The Bertz CT molecular complexity index is 763. The molecule has 0 unspecified atom stereocenters. The first-order valence-electron chi connectivity index (χ1n) is 14.1. The van der Waals surface area contributed by atoms with Crippen molar-refractivity contribution in [1.29, 1.82) is 0 Å². The minimum atomic E-state index is -0.508. The van der Waals surface area contributed by atoms with E-state index in [2.05, 4.69) is 36.1 Å². The Morgan fingerprint density at radius 1 is 0.914 bits per heavy atom. The van der Waals surface area contributed by atoms with Crippen LogP contribution >= 0.6 is 0 Å². The van der Waals surface area contributed by atoms with E-state index in [1.165, 1.54) is 37.7 Å². The lowest BCUT2D eigenvalue weighted by Crippen LogP contribution is -2.60. The molecule has 1 aromatic rings. The van der Waals surface area contributed by atoms with Gasteiger partial charge in [0.05, 0.1) is 12.7 Å². The predicted octanol–water partition coefficient (Wildman–Crippen LogP) is 5.15. The summed E-state index contributed by atoms with van der Waals surface area (Å²) in [6.07, 6.45) is 10.9. The van der Waals surface area contributed by atoms with Crippen LogP contribution in [0.25, 0.3) is 0 Å². The number of likely N-dealkylation sites (N-methyl/N-ethyl adjacent to an activating group) is 1. The van der Waals surface area contributed by atoms with Gasteiger partial charge >= 0.3 is 0 Å². The molecule has 196 valence electrons. The van der Waals surface area contributed by atoms with Crippen molar-refractivity contribution in [1.82, 2.24) is 4.90 Å². The Morgan fingerprint density at radius 3 is 2.14 bits per heavy atom. The van der Waals surface area contributed by atoms with Crippen molar-refractivity contribution < 1.29 is 24.4 Å². The Morgan fingerprint density at radius 2 is 1.57 bits per heavy atom. The molecule has 5 fully saturated rings. The number of hydrogen-bond acceptors (Lipinski definition) is 6. The SMILES string of the molecule is CCN(CCO)CCOc1ccc([C@H]2CC[C@@H](OOC3(OC)C4CC5CC(C4)CC3C5)CC2)cc1. The van der Waals surface area contributed by atoms with Gasteiger partial charge in [-0.25, -0.2) is 9.78 Å². The molecule has 4 bridgehead atoms. The highest BCUT2D eigenvalue weighted by atomic mass is 17.2. The average molecular weight is 488 g/mol. The van der Waals surface area contributed by atoms with E-state index in [4.69, 9.17) is 24.4 Å². The van der Waals surface area contributed by atoms with Crippen molar-refractivity contribution in [2.24, 2.45) is 23.7 Å². The molecule has 1 N–H and O–H groups in total. The number of benzene rings is 1. The van der Waals surface area contributed by atoms with Crippen molar-refractivity contribution >= 4 is 0 Å². The first-order chi connectivity index (χ1) is 17.1. The van der Waals surface area contributed by atoms with E-state index in [9.17, 15) is 0 Å². The molecule has 5 aliphatic carbocycles. The summed E-state index contributed by atoms with van der Waals surface area (Å²) in [6, 6.07) is 8.63. The molecule has 0 atom stereocenters. The van der Waals surface area contributed by atoms with E-state index in [0.717, 1.165) is 56.4 Å². The molecule has 0 amide bonds. The maximum atomic E-state index is 9.11. The third kappa shape index (κ3) is 5.57. The number of nitrogens with zero attached hydrogens (tertiary/aromatic N) is 1. The number of methoxy groups -OCH3 is 1. The monoisotopic (exact) mass is 487 g/mol. The molecule has 0 radical (unpaired) electrons. The van der Waals surface area contributed by atoms with Crippen LogP contribution in [0, 0.1) is 23.7 Å². The normalized spacial score (nSPS) is 36.1. The zero-order valence-corrected chi connectivity index (χ0v) is 21.7. The van der Waals surface area contributed by atoms with Crippen LogP contribution in [0.2, 0.25) is 0 Å². The fraction of sp³-hybridized carbons (Fsp3) is 0.793. The molecule has 35 heavy (non-hydrogen) atoms. The van der Waals surface area contributed by atoms with Crippen LogP contribution < -0.4 is 4.74 Å². The van der Waals surface area contributed by atoms with Crippen LogP contribution in [0.4, 0.5) is 0 Å². The van der Waals surface area contributed by atoms with Gasteiger partial charge in [-0.2, -0.15) is 0 Å². The maximum Gasteiger partial charge on any atom is 0.207 e. The van der Waals surface area contributed by atoms with Crippen molar-refractivity contribution in [3.63, 3.8) is 0 Å². The summed E-state index contributed by atoms with van der Waals surface area (Å²) in [7, 11) is 1.82. The highest BCUT2D eigenvalue weighted by molar-refractivity contribution is 5.29. The summed E-state index contributed by atoms with van der Waals surface area (Å²) in [6.45, 7) is 5.39. The zero-order valence-electron chi connectivity index (χ0n) is 21.7. The second kappa shape index (κ2) is 11.5. The largest absolute Gasteiger partial charge is 0.492 e. The predicted molar refractivity (Wildman–Crippen MR) is 135 cm³/mol. The van der Waals surface area contributed by atoms with Gasteiger partial charge in [-0.15, -0.1) is 0 Å². The average Bonchev–Trinajstić information content (AvgIpc) is 2.89. The molecule has 0 spiro atoms. The summed E-state index contributed by atoms with van der Waals surface area (Å²) < 4.78 is 12.0. The van der Waals surface area contributed by atoms with Gasteiger partial charge in [0, 0.05) is 32.0 Å². The molecule has 6 heteroatoms. The molecule has 5 saturated carbocycles. The van der Waals surface area contributed by atoms with E-state index in [1.807, 2.05) is 7.11 Å². The minimum absolute atomic E-state index is 0.165. The smallest absolute Gasteiger partial charge is 0.207 e. The molecule has 6 rings (SSSR count). The fourth-order valence-corrected chi connectivity index (χ4v) is 7.68.